The third-order valence-electron chi connectivity index (χ3n) is 5.43. The Labute approximate surface area is 161 Å². The maximum atomic E-state index is 13.1. The van der Waals surface area contributed by atoms with Gasteiger partial charge in [-0.05, 0) is 62.1 Å². The van der Waals surface area contributed by atoms with Gasteiger partial charge in [0.15, 0.2) is 0 Å². The van der Waals surface area contributed by atoms with Crippen molar-refractivity contribution < 1.29 is 22.4 Å². The molecule has 1 aliphatic heterocycles. The number of likely N-dealkylation sites (tertiary alicyclic amines) is 1. The van der Waals surface area contributed by atoms with Crippen LogP contribution in [0.15, 0.2) is 48.5 Å². The van der Waals surface area contributed by atoms with Crippen molar-refractivity contribution in [1.29, 1.82) is 0 Å². The van der Waals surface area contributed by atoms with E-state index in [2.05, 4.69) is 5.32 Å². The lowest BCUT2D eigenvalue weighted by Crippen LogP contribution is -2.48. The van der Waals surface area contributed by atoms with E-state index in [-0.39, 0.29) is 17.9 Å². The second-order valence-corrected chi connectivity index (χ2v) is 7.33. The largest absolute Gasteiger partial charge is 0.416 e. The maximum absolute atomic E-state index is 13.1. The number of amides is 2. The van der Waals surface area contributed by atoms with Crippen LogP contribution in [0.25, 0.3) is 0 Å². The summed E-state index contributed by atoms with van der Waals surface area (Å²) in [7, 11) is 0. The number of rotatable bonds is 3. The summed E-state index contributed by atoms with van der Waals surface area (Å²) < 4.78 is 51.6. The van der Waals surface area contributed by atoms with Crippen molar-refractivity contribution >= 4 is 6.03 Å². The van der Waals surface area contributed by atoms with Gasteiger partial charge in [-0.3, -0.25) is 0 Å². The number of hydrogen-bond donors (Lipinski definition) is 1. The fourth-order valence-electron chi connectivity index (χ4n) is 3.71. The number of nitrogens with one attached hydrogen (secondary N) is 1. The van der Waals surface area contributed by atoms with E-state index >= 15 is 0 Å². The summed E-state index contributed by atoms with van der Waals surface area (Å²) in [6.07, 6.45) is -2.97. The van der Waals surface area contributed by atoms with Crippen molar-refractivity contribution in [2.75, 3.05) is 6.54 Å². The quantitative estimate of drug-likeness (QED) is 0.673. The van der Waals surface area contributed by atoms with Gasteiger partial charge in [0.2, 0.25) is 0 Å². The predicted octanol–water partition coefficient (Wildman–Crippen LogP) is 5.63. The van der Waals surface area contributed by atoms with Gasteiger partial charge in [0, 0.05) is 6.54 Å². The van der Waals surface area contributed by atoms with Gasteiger partial charge in [-0.2, -0.15) is 13.2 Å². The Morgan fingerprint density at radius 2 is 1.71 bits per heavy atom. The first-order valence-corrected chi connectivity index (χ1v) is 9.12. The molecule has 0 spiro atoms. The summed E-state index contributed by atoms with van der Waals surface area (Å²) in [6.45, 7) is 4.18. The molecule has 1 N–H and O–H groups in total. The fourth-order valence-corrected chi connectivity index (χ4v) is 3.71. The molecule has 1 fully saturated rings. The highest BCUT2D eigenvalue weighted by Crippen LogP contribution is 2.40. The number of hydrogen-bond acceptors (Lipinski definition) is 1. The highest BCUT2D eigenvalue weighted by molar-refractivity contribution is 5.76. The average Bonchev–Trinajstić information content (AvgIpc) is 3.04. The molecular formula is C21H22F4N2O. The molecular weight excluding hydrogens is 372 g/mol. The van der Waals surface area contributed by atoms with E-state index in [0.717, 1.165) is 24.1 Å². The molecule has 3 nitrogen and oxygen atoms in total. The molecule has 1 unspecified atom stereocenters. The summed E-state index contributed by atoms with van der Waals surface area (Å²) in [5.74, 6) is -0.350. The first-order valence-electron chi connectivity index (χ1n) is 9.12. The van der Waals surface area contributed by atoms with Gasteiger partial charge >= 0.3 is 12.2 Å². The Balaban J connectivity index is 1.77. The maximum Gasteiger partial charge on any atom is 0.416 e. The minimum Gasteiger partial charge on any atom is -0.331 e. The van der Waals surface area contributed by atoms with Gasteiger partial charge in [0.05, 0.1) is 17.1 Å². The van der Waals surface area contributed by atoms with E-state index in [4.69, 9.17) is 0 Å². The average molecular weight is 394 g/mol. The zero-order valence-corrected chi connectivity index (χ0v) is 15.7. The van der Waals surface area contributed by atoms with Crippen LogP contribution >= 0.6 is 0 Å². The summed E-state index contributed by atoms with van der Waals surface area (Å²) >= 11 is 0. The molecule has 0 radical (unpaired) electrons. The molecule has 28 heavy (non-hydrogen) atoms. The van der Waals surface area contributed by atoms with Crippen molar-refractivity contribution in [3.05, 3.63) is 71.0 Å². The smallest absolute Gasteiger partial charge is 0.331 e. The molecule has 0 saturated carbocycles. The molecule has 7 heteroatoms. The molecule has 1 aliphatic rings. The Hall–Kier alpha value is -2.57. The van der Waals surface area contributed by atoms with E-state index in [1.807, 2.05) is 6.92 Å². The number of urea groups is 1. The highest BCUT2D eigenvalue weighted by atomic mass is 19.4. The van der Waals surface area contributed by atoms with Gasteiger partial charge < -0.3 is 10.2 Å². The molecule has 0 aromatic heterocycles. The third-order valence-corrected chi connectivity index (χ3v) is 5.43. The first kappa shape index (κ1) is 20.2. The van der Waals surface area contributed by atoms with E-state index in [9.17, 15) is 22.4 Å². The number of nitrogens with zero attached hydrogens (tertiary/aromatic N) is 1. The van der Waals surface area contributed by atoms with E-state index < -0.39 is 17.3 Å². The second-order valence-electron chi connectivity index (χ2n) is 7.33. The van der Waals surface area contributed by atoms with Crippen LogP contribution in [0.5, 0.6) is 0 Å². The van der Waals surface area contributed by atoms with Crippen molar-refractivity contribution in [2.24, 2.45) is 0 Å². The Morgan fingerprint density at radius 3 is 2.29 bits per heavy atom. The van der Waals surface area contributed by atoms with Gasteiger partial charge in [-0.15, -0.1) is 0 Å². The van der Waals surface area contributed by atoms with Crippen molar-refractivity contribution in [3.63, 3.8) is 0 Å². The number of alkyl halides is 3. The molecule has 1 heterocycles. The molecule has 2 aromatic carbocycles. The molecule has 2 aromatic rings. The van der Waals surface area contributed by atoms with Crippen LogP contribution in [0.2, 0.25) is 0 Å². The first-order chi connectivity index (χ1) is 13.1. The summed E-state index contributed by atoms with van der Waals surface area (Å²) in [6, 6.07) is 10.3. The molecule has 150 valence electrons. The summed E-state index contributed by atoms with van der Waals surface area (Å²) in [4.78, 5) is 14.5. The number of halogens is 4. The Kier molecular flexibility index (Phi) is 5.37. The zero-order valence-electron chi connectivity index (χ0n) is 15.7. The molecule has 1 saturated heterocycles. The summed E-state index contributed by atoms with van der Waals surface area (Å²) in [5, 5.41) is 2.90. The Morgan fingerprint density at radius 1 is 1.11 bits per heavy atom. The van der Waals surface area contributed by atoms with Crippen LogP contribution in [0, 0.1) is 5.82 Å². The van der Waals surface area contributed by atoms with E-state index in [1.54, 1.807) is 24.0 Å². The van der Waals surface area contributed by atoms with Crippen molar-refractivity contribution in [3.8, 4) is 0 Å². The van der Waals surface area contributed by atoms with Gasteiger partial charge in [-0.1, -0.05) is 24.3 Å². The molecule has 2 atom stereocenters. The normalized spacial score (nSPS) is 20.9. The topological polar surface area (TPSA) is 32.3 Å². The minimum atomic E-state index is -4.39. The molecule has 2 amide bonds. The van der Waals surface area contributed by atoms with E-state index in [0.29, 0.717) is 18.5 Å². The standard InChI is InChI=1S/C21H22F4N2O/c1-14(15-4-10-18(22)11-5-15)26-19(28)27-13-3-12-20(27,2)16-6-8-17(9-7-16)21(23,24)25/h4-11,14H,3,12-13H2,1-2H3,(H,26,28)/t14-,20?/m0/s1. The number of carbonyl (C=O) groups excluding carboxylic acids is 1. The van der Waals surface area contributed by atoms with Crippen LogP contribution in [-0.2, 0) is 11.7 Å². The number of carbonyl (C=O) groups is 1. The number of benzene rings is 2. The summed E-state index contributed by atoms with van der Waals surface area (Å²) in [5.41, 5.74) is 0.0445. The molecule has 3 rings (SSSR count). The van der Waals surface area contributed by atoms with Crippen molar-refractivity contribution in [1.82, 2.24) is 10.2 Å². The van der Waals surface area contributed by atoms with Crippen LogP contribution in [0.1, 0.15) is 49.4 Å². The zero-order chi connectivity index (χ0) is 20.5. The van der Waals surface area contributed by atoms with E-state index in [1.165, 1.54) is 24.3 Å². The van der Waals surface area contributed by atoms with Gasteiger partial charge in [0.1, 0.15) is 5.82 Å². The van der Waals surface area contributed by atoms with Gasteiger partial charge in [-0.25, -0.2) is 9.18 Å². The fraction of sp³-hybridized carbons (Fsp3) is 0.381. The third kappa shape index (κ3) is 3.98. The molecule has 0 bridgehead atoms. The van der Waals surface area contributed by atoms with Crippen LogP contribution in [-0.4, -0.2) is 17.5 Å². The lowest BCUT2D eigenvalue weighted by atomic mass is 9.89. The van der Waals surface area contributed by atoms with Crippen LogP contribution in [0.4, 0.5) is 22.4 Å². The van der Waals surface area contributed by atoms with Gasteiger partial charge in [0.25, 0.3) is 0 Å². The van der Waals surface area contributed by atoms with Crippen LogP contribution < -0.4 is 5.32 Å². The Bertz CT molecular complexity index is 833. The van der Waals surface area contributed by atoms with Crippen LogP contribution in [0.3, 0.4) is 0 Å². The highest BCUT2D eigenvalue weighted by Gasteiger charge is 2.42. The lowest BCUT2D eigenvalue weighted by molar-refractivity contribution is -0.137. The predicted molar refractivity (Wildman–Crippen MR) is 98.1 cm³/mol. The monoisotopic (exact) mass is 394 g/mol. The lowest BCUT2D eigenvalue weighted by Gasteiger charge is -2.36. The molecule has 0 aliphatic carbocycles. The second kappa shape index (κ2) is 7.45. The SMILES string of the molecule is C[C@H](NC(=O)N1CCCC1(C)c1ccc(C(F)(F)F)cc1)c1ccc(F)cc1. The minimum absolute atomic E-state index is 0.295. The van der Waals surface area contributed by atoms with Crippen molar-refractivity contribution in [2.45, 2.75) is 44.4 Å².